The number of rotatable bonds is 8. The van der Waals surface area contributed by atoms with Gasteiger partial charge in [-0.05, 0) is 55.5 Å². The van der Waals surface area contributed by atoms with E-state index in [0.29, 0.717) is 16.9 Å². The number of carboxylic acid groups (broad SMARTS) is 1. The average molecular weight is 407 g/mol. The number of methoxy groups -OCH3 is 1. The first-order valence-electron chi connectivity index (χ1n) is 9.13. The van der Waals surface area contributed by atoms with Crippen molar-refractivity contribution in [2.45, 2.75) is 13.0 Å². The van der Waals surface area contributed by atoms with Gasteiger partial charge < -0.3 is 19.1 Å². The van der Waals surface area contributed by atoms with E-state index in [1.165, 1.54) is 20.2 Å². The number of amides is 1. The smallest absolute Gasteiger partial charge is 0.344 e. The highest BCUT2D eigenvalue weighted by Crippen LogP contribution is 2.31. The molecular weight excluding hydrogens is 386 g/mol. The summed E-state index contributed by atoms with van der Waals surface area (Å²) in [5.41, 5.74) is 4.30. The first kappa shape index (κ1) is 20.7. The minimum absolute atomic E-state index is 0.226. The fraction of sp³-hybridized carbons (Fsp3) is 0.136. The molecule has 1 heterocycles. The SMILES string of the molecule is COc1cccc(/C=N/NC(=O)c2ccc(-n3cccc3)cc2)c1O[C@H](C)C(=O)O. The highest BCUT2D eigenvalue weighted by atomic mass is 16.5. The van der Waals surface area contributed by atoms with E-state index in [2.05, 4.69) is 10.5 Å². The van der Waals surface area contributed by atoms with Crippen molar-refractivity contribution < 1.29 is 24.2 Å². The van der Waals surface area contributed by atoms with Gasteiger partial charge in [-0.15, -0.1) is 0 Å². The molecule has 0 unspecified atom stereocenters. The molecule has 3 rings (SSSR count). The normalized spacial score (nSPS) is 11.8. The molecule has 2 N–H and O–H groups in total. The van der Waals surface area contributed by atoms with Crippen LogP contribution in [0.3, 0.4) is 0 Å². The number of aromatic nitrogens is 1. The van der Waals surface area contributed by atoms with E-state index in [-0.39, 0.29) is 11.7 Å². The van der Waals surface area contributed by atoms with Gasteiger partial charge >= 0.3 is 5.97 Å². The zero-order chi connectivity index (χ0) is 21.5. The Morgan fingerprint density at radius 3 is 2.43 bits per heavy atom. The Kier molecular flexibility index (Phi) is 6.49. The number of hydrogen-bond acceptors (Lipinski definition) is 5. The van der Waals surface area contributed by atoms with Crippen molar-refractivity contribution >= 4 is 18.1 Å². The molecule has 8 heteroatoms. The lowest BCUT2D eigenvalue weighted by molar-refractivity contribution is -0.144. The Labute approximate surface area is 173 Å². The summed E-state index contributed by atoms with van der Waals surface area (Å²) in [5, 5.41) is 13.1. The van der Waals surface area contributed by atoms with Gasteiger partial charge in [-0.25, -0.2) is 10.2 Å². The van der Waals surface area contributed by atoms with Crippen molar-refractivity contribution in [1.82, 2.24) is 9.99 Å². The Morgan fingerprint density at radius 2 is 1.80 bits per heavy atom. The number of ether oxygens (including phenoxy) is 2. The van der Waals surface area contributed by atoms with Gasteiger partial charge in [0.1, 0.15) is 0 Å². The van der Waals surface area contributed by atoms with E-state index in [0.717, 1.165) is 5.69 Å². The third-order valence-corrected chi connectivity index (χ3v) is 4.27. The number of carboxylic acids is 1. The van der Waals surface area contributed by atoms with Gasteiger partial charge in [0.05, 0.1) is 13.3 Å². The van der Waals surface area contributed by atoms with Gasteiger partial charge in [-0.3, -0.25) is 4.79 Å². The third-order valence-electron chi connectivity index (χ3n) is 4.27. The highest BCUT2D eigenvalue weighted by Gasteiger charge is 2.18. The molecule has 30 heavy (non-hydrogen) atoms. The third kappa shape index (κ3) is 4.85. The van der Waals surface area contributed by atoms with Crippen molar-refractivity contribution in [2.24, 2.45) is 5.10 Å². The van der Waals surface area contributed by atoms with Crippen LogP contribution in [0.2, 0.25) is 0 Å². The van der Waals surface area contributed by atoms with Crippen molar-refractivity contribution in [3.63, 3.8) is 0 Å². The van der Waals surface area contributed by atoms with Gasteiger partial charge in [0, 0.05) is 29.2 Å². The van der Waals surface area contributed by atoms with E-state index < -0.39 is 12.1 Å². The molecule has 8 nitrogen and oxygen atoms in total. The zero-order valence-electron chi connectivity index (χ0n) is 16.5. The van der Waals surface area contributed by atoms with Crippen LogP contribution < -0.4 is 14.9 Å². The van der Waals surface area contributed by atoms with Gasteiger partial charge in [-0.1, -0.05) is 6.07 Å². The van der Waals surface area contributed by atoms with Gasteiger partial charge in [0.25, 0.3) is 5.91 Å². The van der Waals surface area contributed by atoms with Crippen LogP contribution >= 0.6 is 0 Å². The maximum absolute atomic E-state index is 12.3. The molecule has 3 aromatic rings. The predicted octanol–water partition coefficient (Wildman–Crippen LogP) is 3.10. The molecule has 2 aromatic carbocycles. The number of hydrazone groups is 1. The molecule has 0 saturated heterocycles. The standard InChI is InChI=1S/C22H21N3O5/c1-15(22(27)28)30-20-17(6-5-7-19(20)29-2)14-23-24-21(26)16-8-10-18(11-9-16)25-12-3-4-13-25/h3-15H,1-2H3,(H,24,26)(H,27,28)/b23-14+/t15-/m1/s1. The van der Waals surface area contributed by atoms with Crippen LogP contribution in [0.25, 0.3) is 5.69 Å². The number of aliphatic carboxylic acids is 1. The van der Waals surface area contributed by atoms with Crippen LogP contribution in [0.1, 0.15) is 22.8 Å². The van der Waals surface area contributed by atoms with Gasteiger partial charge in [-0.2, -0.15) is 5.10 Å². The van der Waals surface area contributed by atoms with Crippen LogP contribution in [0.5, 0.6) is 11.5 Å². The molecular formula is C22H21N3O5. The number of carbonyl (C=O) groups is 2. The molecule has 154 valence electrons. The van der Waals surface area contributed by atoms with E-state index in [9.17, 15) is 9.59 Å². The van der Waals surface area contributed by atoms with E-state index in [1.54, 1.807) is 30.3 Å². The quantitative estimate of drug-likeness (QED) is 0.441. The van der Waals surface area contributed by atoms with Crippen molar-refractivity contribution in [3.05, 3.63) is 78.1 Å². The Bertz CT molecular complexity index is 1040. The summed E-state index contributed by atoms with van der Waals surface area (Å²) in [6, 6.07) is 15.9. The lowest BCUT2D eigenvalue weighted by atomic mass is 10.2. The number of nitrogens with one attached hydrogen (secondary N) is 1. The van der Waals surface area contributed by atoms with Crippen LogP contribution in [0.15, 0.2) is 72.1 Å². The van der Waals surface area contributed by atoms with Crippen LogP contribution in [-0.2, 0) is 4.79 Å². The predicted molar refractivity (Wildman–Crippen MR) is 112 cm³/mol. The molecule has 0 aliphatic carbocycles. The largest absolute Gasteiger partial charge is 0.493 e. The van der Waals surface area contributed by atoms with Crippen LogP contribution in [0.4, 0.5) is 0 Å². The average Bonchev–Trinajstić information content (AvgIpc) is 3.29. The van der Waals surface area contributed by atoms with Crippen LogP contribution in [-0.4, -0.2) is 41.0 Å². The topological polar surface area (TPSA) is 102 Å². The molecule has 0 aliphatic rings. The minimum Gasteiger partial charge on any atom is -0.493 e. The second-order valence-electron chi connectivity index (χ2n) is 6.31. The number of carbonyl (C=O) groups excluding carboxylic acids is 1. The molecule has 1 aromatic heterocycles. The minimum atomic E-state index is -1.11. The van der Waals surface area contributed by atoms with Crippen molar-refractivity contribution in [2.75, 3.05) is 7.11 Å². The molecule has 0 saturated carbocycles. The van der Waals surface area contributed by atoms with E-state index in [1.807, 2.05) is 41.2 Å². The van der Waals surface area contributed by atoms with Gasteiger partial charge in [0.15, 0.2) is 17.6 Å². The maximum atomic E-state index is 12.3. The molecule has 0 fully saturated rings. The number of para-hydroxylation sites is 1. The number of nitrogens with zero attached hydrogens (tertiary/aromatic N) is 2. The molecule has 0 aliphatic heterocycles. The second-order valence-corrected chi connectivity index (χ2v) is 6.31. The van der Waals surface area contributed by atoms with Crippen molar-refractivity contribution in [1.29, 1.82) is 0 Å². The number of benzene rings is 2. The first-order valence-corrected chi connectivity index (χ1v) is 9.13. The molecule has 1 amide bonds. The summed E-state index contributed by atoms with van der Waals surface area (Å²) in [7, 11) is 1.45. The molecule has 0 radical (unpaired) electrons. The van der Waals surface area contributed by atoms with Crippen LogP contribution in [0, 0.1) is 0 Å². The van der Waals surface area contributed by atoms with E-state index >= 15 is 0 Å². The Hall–Kier alpha value is -4.07. The fourth-order valence-corrected chi connectivity index (χ4v) is 2.67. The summed E-state index contributed by atoms with van der Waals surface area (Å²) < 4.78 is 12.7. The fourth-order valence-electron chi connectivity index (χ4n) is 2.67. The monoisotopic (exact) mass is 407 g/mol. The Morgan fingerprint density at radius 1 is 1.10 bits per heavy atom. The summed E-state index contributed by atoms with van der Waals surface area (Å²) in [4.78, 5) is 23.5. The highest BCUT2D eigenvalue weighted by molar-refractivity contribution is 5.95. The number of hydrogen-bond donors (Lipinski definition) is 2. The Balaban J connectivity index is 1.71. The van der Waals surface area contributed by atoms with E-state index in [4.69, 9.17) is 14.6 Å². The summed E-state index contributed by atoms with van der Waals surface area (Å²) in [6.45, 7) is 1.41. The summed E-state index contributed by atoms with van der Waals surface area (Å²) >= 11 is 0. The maximum Gasteiger partial charge on any atom is 0.344 e. The molecule has 0 bridgehead atoms. The second kappa shape index (κ2) is 9.42. The lowest BCUT2D eigenvalue weighted by Gasteiger charge is -2.15. The lowest BCUT2D eigenvalue weighted by Crippen LogP contribution is -2.24. The zero-order valence-corrected chi connectivity index (χ0v) is 16.5. The van der Waals surface area contributed by atoms with Crippen molar-refractivity contribution in [3.8, 4) is 17.2 Å². The molecule has 1 atom stereocenters. The molecule has 0 spiro atoms. The summed E-state index contributed by atoms with van der Waals surface area (Å²) in [5.74, 6) is -0.905. The first-order chi connectivity index (χ1) is 14.5. The summed E-state index contributed by atoms with van der Waals surface area (Å²) in [6.07, 6.45) is 4.12. The van der Waals surface area contributed by atoms with Gasteiger partial charge in [0.2, 0.25) is 0 Å².